The summed E-state index contributed by atoms with van der Waals surface area (Å²) in [6.45, 7) is 11.3. The van der Waals surface area contributed by atoms with Gasteiger partial charge in [0.15, 0.2) is 6.04 Å². The first kappa shape index (κ1) is 31.8. The third-order valence-corrected chi connectivity index (χ3v) is 6.68. The lowest BCUT2D eigenvalue weighted by Gasteiger charge is -2.28. The molecule has 9 nitrogen and oxygen atoms in total. The van der Waals surface area contributed by atoms with Gasteiger partial charge in [0.2, 0.25) is 5.91 Å². The van der Waals surface area contributed by atoms with E-state index in [1.54, 1.807) is 27.7 Å². The molecule has 0 bridgehead atoms. The number of hydrogen-bond donors (Lipinski definition) is 1. The molecule has 1 heterocycles. The van der Waals surface area contributed by atoms with Gasteiger partial charge >= 0.3 is 18.0 Å². The highest BCUT2D eigenvalue weighted by molar-refractivity contribution is 6.03. The number of esters is 2. The Morgan fingerprint density at radius 2 is 1.51 bits per heavy atom. The van der Waals surface area contributed by atoms with Gasteiger partial charge in [-0.2, -0.15) is 0 Å². The normalized spacial score (nSPS) is 17.0. The lowest BCUT2D eigenvalue weighted by Crippen LogP contribution is -2.55. The molecule has 1 N–H and O–H groups in total. The molecule has 0 unspecified atom stereocenters. The van der Waals surface area contributed by atoms with Gasteiger partial charge < -0.3 is 14.4 Å². The number of ether oxygens (including phenoxy) is 2. The Labute approximate surface area is 243 Å². The summed E-state index contributed by atoms with van der Waals surface area (Å²) in [5.74, 6) is -1.40. The van der Waals surface area contributed by atoms with Crippen LogP contribution in [-0.4, -0.2) is 63.9 Å². The van der Waals surface area contributed by atoms with Crippen molar-refractivity contribution in [3.05, 3.63) is 71.8 Å². The number of urea groups is 1. The number of carbonyl (C=O) groups is 4. The Hall–Kier alpha value is -3.72. The number of hydrogen-bond acceptors (Lipinski definition) is 7. The number of amides is 3. The molecule has 9 heteroatoms. The topological polar surface area (TPSA) is 105 Å². The molecule has 1 fully saturated rings. The Balaban J connectivity index is 1.77. The summed E-state index contributed by atoms with van der Waals surface area (Å²) in [5, 5.41) is 3.09. The Bertz CT molecular complexity index is 1180. The van der Waals surface area contributed by atoms with Gasteiger partial charge in [-0.05, 0) is 57.6 Å². The second kappa shape index (κ2) is 14.3. The van der Waals surface area contributed by atoms with Crippen LogP contribution in [0, 0.1) is 5.92 Å². The summed E-state index contributed by atoms with van der Waals surface area (Å²) in [6.07, 6.45) is 1.18. The summed E-state index contributed by atoms with van der Waals surface area (Å²) >= 11 is 0. The maximum absolute atomic E-state index is 13.8. The average Bonchev–Trinajstić information content (AvgIpc) is 3.24. The summed E-state index contributed by atoms with van der Waals surface area (Å²) in [6, 6.07) is 15.3. The second-order valence-corrected chi connectivity index (χ2v) is 11.9. The van der Waals surface area contributed by atoms with Crippen molar-refractivity contribution in [3.63, 3.8) is 0 Å². The maximum atomic E-state index is 13.8. The summed E-state index contributed by atoms with van der Waals surface area (Å²) in [4.78, 5) is 56.0. The van der Waals surface area contributed by atoms with Crippen LogP contribution in [0.2, 0.25) is 0 Å². The fraction of sp³-hybridized carbons (Fsp3) is 0.500. The van der Waals surface area contributed by atoms with E-state index in [1.807, 2.05) is 60.7 Å². The van der Waals surface area contributed by atoms with Crippen molar-refractivity contribution in [2.45, 2.75) is 91.3 Å². The van der Waals surface area contributed by atoms with Gasteiger partial charge in [-0.3, -0.25) is 14.9 Å². The molecule has 0 radical (unpaired) electrons. The van der Waals surface area contributed by atoms with E-state index < -0.39 is 47.6 Å². The molecule has 1 aliphatic rings. The number of nitrogens with one attached hydrogen (secondary N) is 1. The molecule has 1 saturated heterocycles. The molecular formula is C32H43N3O6. The van der Waals surface area contributed by atoms with Crippen LogP contribution in [0.3, 0.4) is 0 Å². The smallest absolute Gasteiger partial charge is 0.331 e. The first-order valence-electron chi connectivity index (χ1n) is 14.2. The van der Waals surface area contributed by atoms with E-state index in [1.165, 1.54) is 4.90 Å². The SMILES string of the molecule is CC(C)CC[C@H](N[C@H](C)C(=O)N1C(=O)N(Cc2ccccc2)C[C@H]1C(=O)OC(C)(C)C)C(=O)OCc1ccccc1. The standard InChI is InChI=1S/C32H43N3O6/c1-22(2)17-18-26(29(37)40-21-25-15-11-8-12-16-25)33-23(3)28(36)35-27(30(38)41-32(4,5)6)20-34(31(35)39)19-24-13-9-7-10-14-24/h7-16,22-23,26-27,33H,17-21H2,1-6H3/t23-,26+,27+/m1/s1. The van der Waals surface area contributed by atoms with Crippen LogP contribution in [0.1, 0.15) is 65.5 Å². The highest BCUT2D eigenvalue weighted by Crippen LogP contribution is 2.23. The van der Waals surface area contributed by atoms with E-state index >= 15 is 0 Å². The van der Waals surface area contributed by atoms with Crippen molar-refractivity contribution in [2.75, 3.05) is 6.54 Å². The quantitative estimate of drug-likeness (QED) is 0.372. The van der Waals surface area contributed by atoms with E-state index in [9.17, 15) is 19.2 Å². The highest BCUT2D eigenvalue weighted by Gasteiger charge is 2.48. The minimum Gasteiger partial charge on any atom is -0.460 e. The van der Waals surface area contributed by atoms with E-state index in [-0.39, 0.29) is 19.7 Å². The van der Waals surface area contributed by atoms with Gasteiger partial charge in [0, 0.05) is 6.54 Å². The van der Waals surface area contributed by atoms with E-state index in [0.717, 1.165) is 22.4 Å². The van der Waals surface area contributed by atoms with Crippen molar-refractivity contribution in [3.8, 4) is 0 Å². The molecular weight excluding hydrogens is 522 g/mol. The van der Waals surface area contributed by atoms with Gasteiger partial charge in [-0.25, -0.2) is 14.5 Å². The molecule has 0 aliphatic carbocycles. The molecule has 3 amide bonds. The van der Waals surface area contributed by atoms with Crippen molar-refractivity contribution >= 4 is 23.9 Å². The van der Waals surface area contributed by atoms with Gasteiger partial charge in [-0.15, -0.1) is 0 Å². The van der Waals surface area contributed by atoms with Gasteiger partial charge in [0.25, 0.3) is 0 Å². The number of nitrogens with zero attached hydrogens (tertiary/aromatic N) is 2. The molecule has 41 heavy (non-hydrogen) atoms. The summed E-state index contributed by atoms with van der Waals surface area (Å²) in [7, 11) is 0. The first-order chi connectivity index (χ1) is 19.4. The fourth-order valence-corrected chi connectivity index (χ4v) is 4.57. The summed E-state index contributed by atoms with van der Waals surface area (Å²) in [5.41, 5.74) is 0.934. The number of benzene rings is 2. The number of carbonyl (C=O) groups excluding carboxylic acids is 4. The van der Waals surface area contributed by atoms with Crippen molar-refractivity contribution in [1.29, 1.82) is 0 Å². The number of imide groups is 1. The zero-order valence-electron chi connectivity index (χ0n) is 25.0. The fourth-order valence-electron chi connectivity index (χ4n) is 4.57. The van der Waals surface area contributed by atoms with Crippen molar-refractivity contribution in [2.24, 2.45) is 5.92 Å². The lowest BCUT2D eigenvalue weighted by atomic mass is 10.0. The minimum atomic E-state index is -1.11. The second-order valence-electron chi connectivity index (χ2n) is 11.9. The molecule has 2 aromatic rings. The largest absolute Gasteiger partial charge is 0.460 e. The molecule has 1 aliphatic heterocycles. The Morgan fingerprint density at radius 1 is 0.927 bits per heavy atom. The third-order valence-electron chi connectivity index (χ3n) is 6.68. The van der Waals surface area contributed by atoms with Crippen LogP contribution in [0.5, 0.6) is 0 Å². The van der Waals surface area contributed by atoms with Gasteiger partial charge in [-0.1, -0.05) is 74.5 Å². The van der Waals surface area contributed by atoms with Crippen molar-refractivity contribution < 1.29 is 28.7 Å². The minimum absolute atomic E-state index is 0.0109. The molecule has 0 spiro atoms. The Morgan fingerprint density at radius 3 is 2.07 bits per heavy atom. The van der Waals surface area contributed by atoms with E-state index in [4.69, 9.17) is 9.47 Å². The lowest BCUT2D eigenvalue weighted by molar-refractivity contribution is -0.162. The van der Waals surface area contributed by atoms with Crippen LogP contribution >= 0.6 is 0 Å². The third kappa shape index (κ3) is 9.42. The van der Waals surface area contributed by atoms with E-state index in [2.05, 4.69) is 19.2 Å². The van der Waals surface area contributed by atoms with Crippen LogP contribution < -0.4 is 5.32 Å². The molecule has 0 aromatic heterocycles. The highest BCUT2D eigenvalue weighted by atomic mass is 16.6. The molecule has 0 saturated carbocycles. The monoisotopic (exact) mass is 565 g/mol. The van der Waals surface area contributed by atoms with Crippen LogP contribution in [0.4, 0.5) is 4.79 Å². The first-order valence-corrected chi connectivity index (χ1v) is 14.2. The van der Waals surface area contributed by atoms with Gasteiger partial charge in [0.05, 0.1) is 12.6 Å². The van der Waals surface area contributed by atoms with Crippen LogP contribution in [-0.2, 0) is 37.0 Å². The predicted octanol–water partition coefficient (Wildman–Crippen LogP) is 4.69. The number of rotatable bonds is 12. The molecule has 3 atom stereocenters. The summed E-state index contributed by atoms with van der Waals surface area (Å²) < 4.78 is 11.2. The molecule has 3 rings (SSSR count). The molecule has 222 valence electrons. The zero-order chi connectivity index (χ0) is 30.2. The maximum Gasteiger partial charge on any atom is 0.331 e. The van der Waals surface area contributed by atoms with Crippen molar-refractivity contribution in [1.82, 2.24) is 15.1 Å². The predicted molar refractivity (Wildman–Crippen MR) is 155 cm³/mol. The van der Waals surface area contributed by atoms with Crippen LogP contribution in [0.25, 0.3) is 0 Å². The zero-order valence-corrected chi connectivity index (χ0v) is 25.0. The van der Waals surface area contributed by atoms with E-state index in [0.29, 0.717) is 12.3 Å². The Kier molecular flexibility index (Phi) is 11.1. The molecule has 2 aromatic carbocycles. The van der Waals surface area contributed by atoms with Gasteiger partial charge in [0.1, 0.15) is 18.2 Å². The average molecular weight is 566 g/mol. The van der Waals surface area contributed by atoms with Crippen LogP contribution in [0.15, 0.2) is 60.7 Å².